The van der Waals surface area contributed by atoms with Crippen molar-refractivity contribution in [1.82, 2.24) is 29.3 Å². The first-order valence-electron chi connectivity index (χ1n) is 9.91. The normalized spacial score (nSPS) is 11.2. The molecular formula is C23H17BrN6OS. The van der Waals surface area contributed by atoms with Crippen molar-refractivity contribution in [2.24, 2.45) is 0 Å². The first-order chi connectivity index (χ1) is 15.6. The zero-order chi connectivity index (χ0) is 22.1. The molecule has 0 spiro atoms. The summed E-state index contributed by atoms with van der Waals surface area (Å²) >= 11 is 9.13. The van der Waals surface area contributed by atoms with Gasteiger partial charge in [-0.2, -0.15) is 5.10 Å². The lowest BCUT2D eigenvalue weighted by atomic mass is 10.1. The summed E-state index contributed by atoms with van der Waals surface area (Å²) in [6.45, 7) is 0.407. The third-order valence-electron chi connectivity index (χ3n) is 5.09. The van der Waals surface area contributed by atoms with Crippen LogP contribution >= 0.6 is 28.1 Å². The maximum atomic E-state index is 12.9. The number of halogens is 1. The zero-order valence-electron chi connectivity index (χ0n) is 16.8. The standard InChI is InChI=1S/C23H17BrN6OS/c24-17-12-10-16(11-13-17)21(31)14-29-23(32)30(18-6-2-1-3-7-18)22(26-29)15-28-20-9-5-4-8-19(20)25-27-28/h1-13H,14-15H2. The van der Waals surface area contributed by atoms with Crippen molar-refractivity contribution in [2.75, 3.05) is 0 Å². The quantitative estimate of drug-likeness (QED) is 0.244. The molecule has 0 saturated heterocycles. The predicted octanol–water partition coefficient (Wildman–Crippen LogP) is 4.84. The van der Waals surface area contributed by atoms with Gasteiger partial charge in [0, 0.05) is 15.7 Å². The number of rotatable bonds is 6. The molecule has 0 radical (unpaired) electrons. The third-order valence-corrected chi connectivity index (χ3v) is 6.01. The highest BCUT2D eigenvalue weighted by Crippen LogP contribution is 2.17. The van der Waals surface area contributed by atoms with Gasteiger partial charge < -0.3 is 0 Å². The molecule has 0 unspecified atom stereocenters. The number of carbonyl (C=O) groups is 1. The highest BCUT2D eigenvalue weighted by Gasteiger charge is 2.17. The summed E-state index contributed by atoms with van der Waals surface area (Å²) in [5.41, 5.74) is 3.19. The second-order valence-corrected chi connectivity index (χ2v) is 8.47. The van der Waals surface area contributed by atoms with Crippen molar-refractivity contribution < 1.29 is 4.79 Å². The fraction of sp³-hybridized carbons (Fsp3) is 0.0870. The number of nitrogens with zero attached hydrogens (tertiary/aromatic N) is 6. The number of carbonyl (C=O) groups excluding carboxylic acids is 1. The van der Waals surface area contributed by atoms with Crippen molar-refractivity contribution in [3.05, 3.63) is 99.5 Å². The molecule has 0 aliphatic rings. The molecule has 0 atom stereocenters. The molecule has 9 heteroatoms. The smallest absolute Gasteiger partial charge is 0.203 e. The monoisotopic (exact) mass is 504 g/mol. The van der Waals surface area contributed by atoms with E-state index in [2.05, 4.69) is 26.2 Å². The van der Waals surface area contributed by atoms with Gasteiger partial charge in [0.15, 0.2) is 11.6 Å². The van der Waals surface area contributed by atoms with Gasteiger partial charge in [0.1, 0.15) is 18.6 Å². The summed E-state index contributed by atoms with van der Waals surface area (Å²) in [7, 11) is 0. The molecule has 5 rings (SSSR count). The van der Waals surface area contributed by atoms with Crippen LogP contribution in [0.25, 0.3) is 16.7 Å². The Balaban J connectivity index is 1.55. The predicted molar refractivity (Wildman–Crippen MR) is 127 cm³/mol. The Bertz CT molecular complexity index is 1470. The van der Waals surface area contributed by atoms with E-state index < -0.39 is 0 Å². The molecule has 0 aliphatic heterocycles. The zero-order valence-corrected chi connectivity index (χ0v) is 19.2. The van der Waals surface area contributed by atoms with Crippen LogP contribution in [0.5, 0.6) is 0 Å². The number of hydrogen-bond donors (Lipinski definition) is 0. The highest BCUT2D eigenvalue weighted by molar-refractivity contribution is 9.10. The molecule has 2 aromatic heterocycles. The van der Waals surface area contributed by atoms with Crippen LogP contribution in [-0.4, -0.2) is 35.1 Å². The summed E-state index contributed by atoms with van der Waals surface area (Å²) < 4.78 is 6.59. The highest BCUT2D eigenvalue weighted by atomic mass is 79.9. The van der Waals surface area contributed by atoms with E-state index in [-0.39, 0.29) is 12.3 Å². The molecule has 0 aliphatic carbocycles. The van der Waals surface area contributed by atoms with Gasteiger partial charge in [-0.3, -0.25) is 9.36 Å². The Morgan fingerprint density at radius 1 is 0.906 bits per heavy atom. The van der Waals surface area contributed by atoms with Crippen LogP contribution < -0.4 is 0 Å². The minimum Gasteiger partial charge on any atom is -0.292 e. The summed E-state index contributed by atoms with van der Waals surface area (Å²) in [5, 5.41) is 13.2. The Labute approximate surface area is 197 Å². The summed E-state index contributed by atoms with van der Waals surface area (Å²) in [6.07, 6.45) is 0. The molecule has 0 N–H and O–H groups in total. The second-order valence-electron chi connectivity index (χ2n) is 7.19. The minimum absolute atomic E-state index is 0.0470. The van der Waals surface area contributed by atoms with E-state index in [0.717, 1.165) is 21.2 Å². The van der Waals surface area contributed by atoms with Gasteiger partial charge in [0.2, 0.25) is 4.77 Å². The van der Waals surface area contributed by atoms with Crippen LogP contribution in [-0.2, 0) is 13.1 Å². The molecule has 0 fully saturated rings. The van der Waals surface area contributed by atoms with E-state index in [1.54, 1.807) is 21.5 Å². The van der Waals surface area contributed by atoms with Crippen LogP contribution in [0.1, 0.15) is 16.2 Å². The molecule has 7 nitrogen and oxygen atoms in total. The van der Waals surface area contributed by atoms with E-state index in [0.29, 0.717) is 22.7 Å². The molecular weight excluding hydrogens is 488 g/mol. The topological polar surface area (TPSA) is 70.5 Å². The lowest BCUT2D eigenvalue weighted by Crippen LogP contribution is -2.12. The van der Waals surface area contributed by atoms with Gasteiger partial charge in [-0.15, -0.1) is 5.10 Å². The van der Waals surface area contributed by atoms with Crippen LogP contribution in [0, 0.1) is 4.77 Å². The molecule has 0 amide bonds. The molecule has 3 aromatic carbocycles. The Morgan fingerprint density at radius 2 is 1.62 bits per heavy atom. The Kier molecular flexibility index (Phi) is 5.50. The van der Waals surface area contributed by atoms with Crippen molar-refractivity contribution in [1.29, 1.82) is 0 Å². The Hall–Kier alpha value is -3.43. The Morgan fingerprint density at radius 3 is 2.41 bits per heavy atom. The number of Topliss-reactive ketones (excluding diaryl/α,β-unsaturated/α-hetero) is 1. The number of para-hydroxylation sites is 2. The van der Waals surface area contributed by atoms with Crippen LogP contribution in [0.4, 0.5) is 0 Å². The average Bonchev–Trinajstić information content (AvgIpc) is 3.36. The molecule has 0 bridgehead atoms. The number of hydrogen-bond acceptors (Lipinski definition) is 5. The lowest BCUT2D eigenvalue weighted by molar-refractivity contribution is 0.0967. The summed E-state index contributed by atoms with van der Waals surface area (Å²) in [5.74, 6) is 0.601. The second kappa shape index (κ2) is 8.60. The largest absolute Gasteiger partial charge is 0.292 e. The number of ketones is 1. The van der Waals surface area contributed by atoms with Gasteiger partial charge in [0.05, 0.1) is 5.52 Å². The van der Waals surface area contributed by atoms with Gasteiger partial charge in [-0.1, -0.05) is 63.6 Å². The van der Waals surface area contributed by atoms with E-state index >= 15 is 0 Å². The van der Waals surface area contributed by atoms with E-state index in [4.69, 9.17) is 17.3 Å². The fourth-order valence-corrected chi connectivity index (χ4v) is 4.11. The van der Waals surface area contributed by atoms with Gasteiger partial charge >= 0.3 is 0 Å². The SMILES string of the molecule is O=C(Cn1nc(Cn2nnc3ccccc32)n(-c2ccccc2)c1=S)c1ccc(Br)cc1. The van der Waals surface area contributed by atoms with Crippen LogP contribution in [0.2, 0.25) is 0 Å². The number of fused-ring (bicyclic) bond motifs is 1. The van der Waals surface area contributed by atoms with Crippen molar-refractivity contribution in [2.45, 2.75) is 13.1 Å². The molecule has 32 heavy (non-hydrogen) atoms. The lowest BCUT2D eigenvalue weighted by Gasteiger charge is -2.07. The maximum absolute atomic E-state index is 12.9. The van der Waals surface area contributed by atoms with Crippen molar-refractivity contribution in [3.8, 4) is 5.69 Å². The van der Waals surface area contributed by atoms with Crippen molar-refractivity contribution >= 4 is 45.0 Å². The molecule has 5 aromatic rings. The van der Waals surface area contributed by atoms with Crippen LogP contribution in [0.15, 0.2) is 83.3 Å². The maximum Gasteiger partial charge on any atom is 0.203 e. The van der Waals surface area contributed by atoms with E-state index in [9.17, 15) is 4.79 Å². The third kappa shape index (κ3) is 3.92. The fourth-order valence-electron chi connectivity index (χ4n) is 3.53. The molecule has 2 heterocycles. The van der Waals surface area contributed by atoms with Gasteiger partial charge in [0.25, 0.3) is 0 Å². The summed E-state index contributed by atoms with van der Waals surface area (Å²) in [6, 6.07) is 24.7. The van der Waals surface area contributed by atoms with E-state index in [1.807, 2.05) is 71.3 Å². The number of aromatic nitrogens is 6. The van der Waals surface area contributed by atoms with Gasteiger partial charge in [-0.05, 0) is 48.6 Å². The first kappa shape index (κ1) is 20.5. The first-order valence-corrected chi connectivity index (χ1v) is 11.1. The van der Waals surface area contributed by atoms with Gasteiger partial charge in [-0.25, -0.2) is 9.36 Å². The molecule has 0 saturated carbocycles. The minimum atomic E-state index is -0.0657. The molecule has 158 valence electrons. The summed E-state index contributed by atoms with van der Waals surface area (Å²) in [4.78, 5) is 12.9. The van der Waals surface area contributed by atoms with Crippen LogP contribution in [0.3, 0.4) is 0 Å². The van der Waals surface area contributed by atoms with Crippen molar-refractivity contribution in [3.63, 3.8) is 0 Å². The average molecular weight is 505 g/mol. The van der Waals surface area contributed by atoms with E-state index in [1.165, 1.54) is 0 Å². The number of benzene rings is 3.